The van der Waals surface area contributed by atoms with Crippen molar-refractivity contribution in [2.75, 3.05) is 20.1 Å². The largest absolute Gasteiger partial charge is 0.330 e. The van der Waals surface area contributed by atoms with Gasteiger partial charge >= 0.3 is 6.03 Å². The first-order valence-corrected chi connectivity index (χ1v) is 7.67. The van der Waals surface area contributed by atoms with Gasteiger partial charge in [-0.25, -0.2) is 4.79 Å². The molecule has 0 aromatic carbocycles. The standard InChI is InChI=1S/C15H27N3O3/c1-6-15(7-2)12(19)16-14(21)18(13(15)20)10-8-9-17(5)11(3)4/h11H,6-10H2,1-5H3,(H,16,19,21). The summed E-state index contributed by atoms with van der Waals surface area (Å²) in [7, 11) is 2.01. The Morgan fingerprint density at radius 3 is 2.24 bits per heavy atom. The quantitative estimate of drug-likeness (QED) is 0.725. The van der Waals surface area contributed by atoms with Crippen LogP contribution in [0.25, 0.3) is 0 Å². The molecule has 0 aromatic rings. The minimum absolute atomic E-state index is 0.344. The molecule has 1 N–H and O–H groups in total. The van der Waals surface area contributed by atoms with E-state index in [4.69, 9.17) is 0 Å². The second kappa shape index (κ2) is 7.02. The number of hydrogen-bond donors (Lipinski definition) is 1. The van der Waals surface area contributed by atoms with Crippen LogP contribution in [-0.2, 0) is 9.59 Å². The second-order valence-corrected chi connectivity index (χ2v) is 5.93. The first-order valence-electron chi connectivity index (χ1n) is 7.67. The summed E-state index contributed by atoms with van der Waals surface area (Å²) in [6, 6.07) is -0.169. The van der Waals surface area contributed by atoms with Gasteiger partial charge in [0.15, 0.2) is 0 Å². The maximum absolute atomic E-state index is 12.6. The minimum Gasteiger partial charge on any atom is -0.304 e. The fraction of sp³-hybridized carbons (Fsp3) is 0.800. The van der Waals surface area contributed by atoms with Gasteiger partial charge in [0.1, 0.15) is 5.41 Å². The van der Waals surface area contributed by atoms with Gasteiger partial charge in [0, 0.05) is 12.6 Å². The Labute approximate surface area is 126 Å². The predicted molar refractivity (Wildman–Crippen MR) is 80.6 cm³/mol. The predicted octanol–water partition coefficient (Wildman–Crippen LogP) is 1.60. The van der Waals surface area contributed by atoms with Crippen molar-refractivity contribution in [3.05, 3.63) is 0 Å². The van der Waals surface area contributed by atoms with E-state index in [-0.39, 0.29) is 5.91 Å². The number of nitrogens with zero attached hydrogens (tertiary/aromatic N) is 2. The Hall–Kier alpha value is -1.43. The molecular formula is C15H27N3O3. The summed E-state index contributed by atoms with van der Waals surface area (Å²) >= 11 is 0. The Morgan fingerprint density at radius 2 is 1.76 bits per heavy atom. The van der Waals surface area contributed by atoms with Crippen molar-refractivity contribution in [2.24, 2.45) is 5.41 Å². The molecule has 120 valence electrons. The molecule has 0 radical (unpaired) electrons. The molecule has 0 spiro atoms. The van der Waals surface area contributed by atoms with E-state index in [9.17, 15) is 14.4 Å². The van der Waals surface area contributed by atoms with Crippen LogP contribution >= 0.6 is 0 Å². The minimum atomic E-state index is -1.09. The van der Waals surface area contributed by atoms with E-state index in [0.29, 0.717) is 31.8 Å². The van der Waals surface area contributed by atoms with E-state index < -0.39 is 17.4 Å². The highest BCUT2D eigenvalue weighted by molar-refractivity contribution is 6.19. The second-order valence-electron chi connectivity index (χ2n) is 5.93. The van der Waals surface area contributed by atoms with Crippen LogP contribution in [0.1, 0.15) is 47.0 Å². The third-order valence-corrected chi connectivity index (χ3v) is 4.54. The zero-order chi connectivity index (χ0) is 16.2. The lowest BCUT2D eigenvalue weighted by molar-refractivity contribution is -0.152. The van der Waals surface area contributed by atoms with Gasteiger partial charge in [0.05, 0.1) is 0 Å². The van der Waals surface area contributed by atoms with Gasteiger partial charge in [-0.1, -0.05) is 13.8 Å². The fourth-order valence-corrected chi connectivity index (χ4v) is 2.55. The van der Waals surface area contributed by atoms with Crippen molar-refractivity contribution in [3.8, 4) is 0 Å². The fourth-order valence-electron chi connectivity index (χ4n) is 2.55. The number of imide groups is 2. The Kier molecular flexibility index (Phi) is 5.89. The molecular weight excluding hydrogens is 270 g/mol. The van der Waals surface area contributed by atoms with Crippen LogP contribution in [0.5, 0.6) is 0 Å². The van der Waals surface area contributed by atoms with Crippen molar-refractivity contribution >= 4 is 17.8 Å². The number of nitrogens with one attached hydrogen (secondary N) is 1. The SMILES string of the molecule is CCC1(CC)C(=O)NC(=O)N(CCCN(C)C(C)C)C1=O. The Morgan fingerprint density at radius 1 is 1.19 bits per heavy atom. The maximum Gasteiger partial charge on any atom is 0.330 e. The molecule has 1 aliphatic rings. The average Bonchev–Trinajstić information content (AvgIpc) is 2.43. The summed E-state index contributed by atoms with van der Waals surface area (Å²) in [5.41, 5.74) is -1.09. The van der Waals surface area contributed by atoms with Crippen molar-refractivity contribution in [1.82, 2.24) is 15.1 Å². The normalized spacial score (nSPS) is 18.6. The zero-order valence-electron chi connectivity index (χ0n) is 13.7. The Bertz CT molecular complexity index is 416. The molecule has 1 aliphatic heterocycles. The Balaban J connectivity index is 2.75. The van der Waals surface area contributed by atoms with Gasteiger partial charge in [-0.3, -0.25) is 19.8 Å². The molecule has 1 heterocycles. The summed E-state index contributed by atoms with van der Waals surface area (Å²) in [6.45, 7) is 8.95. The van der Waals surface area contributed by atoms with Crippen molar-refractivity contribution < 1.29 is 14.4 Å². The highest BCUT2D eigenvalue weighted by Gasteiger charge is 2.51. The molecule has 0 bridgehead atoms. The maximum atomic E-state index is 12.6. The number of amides is 4. The van der Waals surface area contributed by atoms with Crippen molar-refractivity contribution in [1.29, 1.82) is 0 Å². The van der Waals surface area contributed by atoms with Crippen molar-refractivity contribution in [2.45, 2.75) is 53.0 Å². The molecule has 6 heteroatoms. The molecule has 1 rings (SSSR count). The lowest BCUT2D eigenvalue weighted by Crippen LogP contribution is -2.63. The van der Waals surface area contributed by atoms with E-state index in [0.717, 1.165) is 6.54 Å². The highest BCUT2D eigenvalue weighted by atomic mass is 16.2. The summed E-state index contributed by atoms with van der Waals surface area (Å²) in [5, 5.41) is 2.33. The molecule has 0 saturated carbocycles. The van der Waals surface area contributed by atoms with Crippen LogP contribution in [-0.4, -0.2) is 53.8 Å². The van der Waals surface area contributed by atoms with Crippen LogP contribution in [0.15, 0.2) is 0 Å². The van der Waals surface area contributed by atoms with Gasteiger partial charge in [-0.05, 0) is 46.7 Å². The van der Waals surface area contributed by atoms with Crippen LogP contribution < -0.4 is 5.32 Å². The number of hydrogen-bond acceptors (Lipinski definition) is 4. The van der Waals surface area contributed by atoms with E-state index >= 15 is 0 Å². The smallest absolute Gasteiger partial charge is 0.304 e. The van der Waals surface area contributed by atoms with Gasteiger partial charge in [-0.2, -0.15) is 0 Å². The summed E-state index contributed by atoms with van der Waals surface area (Å²) in [6.07, 6.45) is 1.51. The van der Waals surface area contributed by atoms with Gasteiger partial charge in [-0.15, -0.1) is 0 Å². The first kappa shape index (κ1) is 17.6. The van der Waals surface area contributed by atoms with Gasteiger partial charge in [0.25, 0.3) is 0 Å². The number of carbonyl (C=O) groups is 3. The van der Waals surface area contributed by atoms with E-state index in [1.54, 1.807) is 0 Å². The van der Waals surface area contributed by atoms with Gasteiger partial charge < -0.3 is 4.90 Å². The summed E-state index contributed by atoms with van der Waals surface area (Å²) in [5.74, 6) is -0.813. The molecule has 6 nitrogen and oxygen atoms in total. The average molecular weight is 297 g/mol. The summed E-state index contributed by atoms with van der Waals surface area (Å²) < 4.78 is 0. The molecule has 0 unspecified atom stereocenters. The molecule has 1 saturated heterocycles. The molecule has 0 aromatic heterocycles. The summed E-state index contributed by atoms with van der Waals surface area (Å²) in [4.78, 5) is 39.9. The zero-order valence-corrected chi connectivity index (χ0v) is 13.7. The molecule has 21 heavy (non-hydrogen) atoms. The number of rotatable bonds is 7. The van der Waals surface area contributed by atoms with Crippen LogP contribution in [0.4, 0.5) is 4.79 Å². The highest BCUT2D eigenvalue weighted by Crippen LogP contribution is 2.32. The van der Waals surface area contributed by atoms with E-state index in [1.165, 1.54) is 4.90 Å². The molecule has 0 aliphatic carbocycles. The number of urea groups is 1. The lowest BCUT2D eigenvalue weighted by Gasteiger charge is -2.38. The third-order valence-electron chi connectivity index (χ3n) is 4.54. The molecule has 0 atom stereocenters. The van der Waals surface area contributed by atoms with Crippen molar-refractivity contribution in [3.63, 3.8) is 0 Å². The van der Waals surface area contributed by atoms with E-state index in [2.05, 4.69) is 24.1 Å². The van der Waals surface area contributed by atoms with Crippen LogP contribution in [0.3, 0.4) is 0 Å². The topological polar surface area (TPSA) is 69.7 Å². The van der Waals surface area contributed by atoms with Crippen LogP contribution in [0, 0.1) is 5.41 Å². The lowest BCUT2D eigenvalue weighted by atomic mass is 9.78. The monoisotopic (exact) mass is 297 g/mol. The number of barbiturate groups is 1. The van der Waals surface area contributed by atoms with Gasteiger partial charge in [0.2, 0.25) is 11.8 Å². The molecule has 1 fully saturated rings. The first-order chi connectivity index (χ1) is 9.80. The third kappa shape index (κ3) is 3.43. The van der Waals surface area contributed by atoms with Crippen LogP contribution in [0.2, 0.25) is 0 Å². The molecule has 4 amide bonds. The van der Waals surface area contributed by atoms with E-state index in [1.807, 2.05) is 20.9 Å². The number of carbonyl (C=O) groups excluding carboxylic acids is 3.